The first kappa shape index (κ1) is 15.1. The van der Waals surface area contributed by atoms with Crippen molar-refractivity contribution in [1.82, 2.24) is 0 Å². The number of carbonyl (C=O) groups excluding carboxylic acids is 1. The van der Waals surface area contributed by atoms with Crippen molar-refractivity contribution in [1.29, 1.82) is 0 Å². The first-order chi connectivity index (χ1) is 10.6. The number of thioether (sulfide) groups is 1. The number of aromatic hydroxyl groups is 1. The normalized spacial score (nSPS) is 16.6. The average Bonchev–Trinajstić information content (AvgIpc) is 2.77. The highest BCUT2D eigenvalue weighted by molar-refractivity contribution is 8.27. The van der Waals surface area contributed by atoms with Gasteiger partial charge in [0.2, 0.25) is 0 Å². The van der Waals surface area contributed by atoms with Crippen LogP contribution in [-0.2, 0) is 4.79 Å². The van der Waals surface area contributed by atoms with Crippen LogP contribution in [0.4, 0.5) is 5.69 Å². The number of thiocarbonyl (C=S) groups is 1. The molecule has 0 atom stereocenters. The fourth-order valence-electron chi connectivity index (χ4n) is 2.03. The van der Waals surface area contributed by atoms with Crippen molar-refractivity contribution in [3.05, 3.63) is 64.0 Å². The predicted molar refractivity (Wildman–Crippen MR) is 95.2 cm³/mol. The molecule has 1 aliphatic heterocycles. The molecule has 1 N–H and O–H groups in total. The van der Waals surface area contributed by atoms with Gasteiger partial charge in [-0.05, 0) is 35.9 Å². The smallest absolute Gasteiger partial charge is 0.270 e. The Balaban J connectivity index is 1.95. The molecule has 22 heavy (non-hydrogen) atoms. The number of anilines is 1. The molecular weight excluding hydrogens is 338 g/mol. The second-order valence-corrected chi connectivity index (χ2v) is 6.64. The fraction of sp³-hybridized carbons (Fsp3) is 0. The second kappa shape index (κ2) is 6.12. The molecule has 0 aliphatic carbocycles. The Labute approximate surface area is 142 Å². The summed E-state index contributed by atoms with van der Waals surface area (Å²) in [6.45, 7) is 0. The van der Waals surface area contributed by atoms with Crippen LogP contribution >= 0.6 is 35.6 Å². The van der Waals surface area contributed by atoms with Gasteiger partial charge >= 0.3 is 0 Å². The number of nitrogens with zero attached hydrogens (tertiary/aromatic N) is 1. The summed E-state index contributed by atoms with van der Waals surface area (Å²) in [6.07, 6.45) is 1.75. The summed E-state index contributed by atoms with van der Waals surface area (Å²) in [5.74, 6) is -0.0167. The van der Waals surface area contributed by atoms with Crippen molar-refractivity contribution >= 4 is 57.6 Å². The summed E-state index contributed by atoms with van der Waals surface area (Å²) in [4.78, 5) is 14.5. The van der Waals surface area contributed by atoms with Crippen molar-refractivity contribution in [3.8, 4) is 5.75 Å². The number of rotatable bonds is 2. The predicted octanol–water partition coefficient (Wildman–Crippen LogP) is 4.45. The molecule has 2 aromatic rings. The van der Waals surface area contributed by atoms with E-state index in [4.69, 9.17) is 23.8 Å². The van der Waals surface area contributed by atoms with Gasteiger partial charge in [-0.25, -0.2) is 0 Å². The summed E-state index contributed by atoms with van der Waals surface area (Å²) >= 11 is 12.7. The van der Waals surface area contributed by atoms with Gasteiger partial charge in [-0.2, -0.15) is 0 Å². The number of hydrogen-bond acceptors (Lipinski definition) is 4. The van der Waals surface area contributed by atoms with Crippen LogP contribution in [0.25, 0.3) is 6.08 Å². The molecule has 0 aromatic heterocycles. The maximum absolute atomic E-state index is 12.6. The van der Waals surface area contributed by atoms with E-state index in [-0.39, 0.29) is 11.7 Å². The molecule has 1 amide bonds. The minimum atomic E-state index is -0.198. The number of benzene rings is 2. The number of hydrogen-bond donors (Lipinski definition) is 1. The largest absolute Gasteiger partial charge is 0.508 e. The second-order valence-electron chi connectivity index (χ2n) is 4.56. The van der Waals surface area contributed by atoms with Crippen LogP contribution in [0, 0.1) is 0 Å². The molecule has 3 nitrogen and oxygen atoms in total. The maximum Gasteiger partial charge on any atom is 0.270 e. The number of phenolic OH excluding ortho intramolecular Hbond substituents is 1. The molecular formula is C16H10ClNO2S2. The highest BCUT2D eigenvalue weighted by Gasteiger charge is 2.34. The monoisotopic (exact) mass is 347 g/mol. The number of amides is 1. The van der Waals surface area contributed by atoms with Crippen LogP contribution in [0.5, 0.6) is 5.75 Å². The Morgan fingerprint density at radius 1 is 1.14 bits per heavy atom. The highest BCUT2D eigenvalue weighted by atomic mass is 35.5. The topological polar surface area (TPSA) is 40.5 Å². The Hall–Kier alpha value is -1.82. The Bertz CT molecular complexity index is 787. The molecule has 0 saturated carbocycles. The van der Waals surface area contributed by atoms with Gasteiger partial charge in [0.1, 0.15) is 5.75 Å². The van der Waals surface area contributed by atoms with Gasteiger partial charge in [0, 0.05) is 0 Å². The van der Waals surface area contributed by atoms with E-state index in [9.17, 15) is 9.90 Å². The Morgan fingerprint density at radius 3 is 2.50 bits per heavy atom. The minimum absolute atomic E-state index is 0.181. The van der Waals surface area contributed by atoms with Crippen molar-refractivity contribution in [2.75, 3.05) is 4.90 Å². The van der Waals surface area contributed by atoms with E-state index in [0.717, 1.165) is 5.56 Å². The van der Waals surface area contributed by atoms with Gasteiger partial charge < -0.3 is 5.11 Å². The van der Waals surface area contributed by atoms with Crippen molar-refractivity contribution in [3.63, 3.8) is 0 Å². The molecule has 1 heterocycles. The Kier molecular flexibility index (Phi) is 4.20. The lowest BCUT2D eigenvalue weighted by Crippen LogP contribution is -2.27. The fourth-order valence-corrected chi connectivity index (χ4v) is 3.54. The van der Waals surface area contributed by atoms with Crippen LogP contribution in [0.15, 0.2) is 53.4 Å². The molecule has 6 heteroatoms. The molecule has 0 radical (unpaired) electrons. The van der Waals surface area contributed by atoms with Crippen LogP contribution in [0.2, 0.25) is 5.02 Å². The number of phenols is 1. The van der Waals surface area contributed by atoms with E-state index in [1.54, 1.807) is 48.5 Å². The lowest BCUT2D eigenvalue weighted by atomic mass is 10.2. The standard InChI is InChI=1S/C16H10ClNO2S2/c17-12-3-1-2-4-13(12)18-15(20)14(22-16(18)21)9-10-5-7-11(19)8-6-10/h1-9,19H/b14-9+. The molecule has 0 spiro atoms. The van der Waals surface area contributed by atoms with E-state index >= 15 is 0 Å². The van der Waals surface area contributed by atoms with Crippen molar-refractivity contribution < 1.29 is 9.90 Å². The molecule has 3 rings (SSSR count). The zero-order valence-corrected chi connectivity index (χ0v) is 13.6. The number of halogens is 1. The molecule has 110 valence electrons. The maximum atomic E-state index is 12.6. The van der Waals surface area contributed by atoms with Gasteiger partial charge in [-0.1, -0.05) is 59.8 Å². The highest BCUT2D eigenvalue weighted by Crippen LogP contribution is 2.38. The summed E-state index contributed by atoms with van der Waals surface area (Å²) < 4.78 is 0.447. The SMILES string of the molecule is O=C1/C(=C\c2ccc(O)cc2)SC(=S)N1c1ccccc1Cl. The summed E-state index contributed by atoms with van der Waals surface area (Å²) in [5.41, 5.74) is 1.40. The third-order valence-electron chi connectivity index (χ3n) is 3.08. The van der Waals surface area contributed by atoms with Gasteiger partial charge in [0.15, 0.2) is 4.32 Å². The zero-order chi connectivity index (χ0) is 15.7. The summed E-state index contributed by atoms with van der Waals surface area (Å²) in [5, 5.41) is 9.77. The van der Waals surface area contributed by atoms with E-state index in [1.165, 1.54) is 16.7 Å². The zero-order valence-electron chi connectivity index (χ0n) is 11.2. The third kappa shape index (κ3) is 2.88. The van der Waals surface area contributed by atoms with Gasteiger partial charge in [0.05, 0.1) is 15.6 Å². The first-order valence-corrected chi connectivity index (χ1v) is 7.98. The van der Waals surface area contributed by atoms with E-state index in [2.05, 4.69) is 0 Å². The summed E-state index contributed by atoms with van der Waals surface area (Å²) in [6, 6.07) is 13.7. The quantitative estimate of drug-likeness (QED) is 0.643. The van der Waals surface area contributed by atoms with E-state index in [1.807, 2.05) is 6.07 Å². The lowest BCUT2D eigenvalue weighted by Gasteiger charge is -2.15. The summed E-state index contributed by atoms with van der Waals surface area (Å²) in [7, 11) is 0. The molecule has 1 saturated heterocycles. The first-order valence-electron chi connectivity index (χ1n) is 6.38. The van der Waals surface area contributed by atoms with Crippen molar-refractivity contribution in [2.45, 2.75) is 0 Å². The van der Waals surface area contributed by atoms with E-state index < -0.39 is 0 Å². The van der Waals surface area contributed by atoms with Gasteiger partial charge in [-0.15, -0.1) is 0 Å². The van der Waals surface area contributed by atoms with Crippen LogP contribution in [0.1, 0.15) is 5.56 Å². The molecule has 0 unspecified atom stereocenters. The van der Waals surface area contributed by atoms with Crippen LogP contribution in [0.3, 0.4) is 0 Å². The average molecular weight is 348 g/mol. The number of carbonyl (C=O) groups is 1. The third-order valence-corrected chi connectivity index (χ3v) is 4.70. The van der Waals surface area contributed by atoms with Crippen LogP contribution < -0.4 is 4.90 Å². The molecule has 1 fully saturated rings. The molecule has 0 bridgehead atoms. The van der Waals surface area contributed by atoms with Gasteiger partial charge in [0.25, 0.3) is 5.91 Å². The van der Waals surface area contributed by atoms with E-state index in [0.29, 0.717) is 19.9 Å². The molecule has 1 aliphatic rings. The molecule has 2 aromatic carbocycles. The minimum Gasteiger partial charge on any atom is -0.508 e. The van der Waals surface area contributed by atoms with Crippen LogP contribution in [-0.4, -0.2) is 15.3 Å². The van der Waals surface area contributed by atoms with Gasteiger partial charge in [-0.3, -0.25) is 9.69 Å². The number of para-hydroxylation sites is 1. The Morgan fingerprint density at radius 2 is 1.82 bits per heavy atom. The van der Waals surface area contributed by atoms with Crippen molar-refractivity contribution in [2.24, 2.45) is 0 Å². The lowest BCUT2D eigenvalue weighted by molar-refractivity contribution is -0.113.